The molecule has 1 aliphatic rings. The highest BCUT2D eigenvalue weighted by Crippen LogP contribution is 2.30. The SMILES string of the molecule is Cc1occc1-c1nnc(SCC(=O)N[C@@H]2CCN(Cc3ccccc3)C2)n1-c1ccccc1. The number of rotatable bonds is 8. The van der Waals surface area contributed by atoms with Gasteiger partial charge in [0.2, 0.25) is 5.91 Å². The third-order valence-corrected chi connectivity index (χ3v) is 6.90. The molecule has 3 heterocycles. The van der Waals surface area contributed by atoms with Crippen molar-refractivity contribution in [2.45, 2.75) is 31.1 Å². The van der Waals surface area contributed by atoms with Gasteiger partial charge in [-0.2, -0.15) is 0 Å². The van der Waals surface area contributed by atoms with E-state index in [1.807, 2.05) is 54.0 Å². The van der Waals surface area contributed by atoms with Crippen molar-refractivity contribution >= 4 is 17.7 Å². The van der Waals surface area contributed by atoms with Crippen molar-refractivity contribution in [3.63, 3.8) is 0 Å². The molecule has 34 heavy (non-hydrogen) atoms. The van der Waals surface area contributed by atoms with Crippen LogP contribution in [0.2, 0.25) is 0 Å². The van der Waals surface area contributed by atoms with Gasteiger partial charge in [0, 0.05) is 31.4 Å². The van der Waals surface area contributed by atoms with Crippen LogP contribution in [0.15, 0.2) is 82.6 Å². The summed E-state index contributed by atoms with van der Waals surface area (Å²) in [5, 5.41) is 12.7. The Hall–Kier alpha value is -3.36. The number of likely N-dealkylation sites (tertiary alicyclic amines) is 1. The van der Waals surface area contributed by atoms with Crippen LogP contribution in [0.5, 0.6) is 0 Å². The van der Waals surface area contributed by atoms with Crippen molar-refractivity contribution in [1.82, 2.24) is 25.0 Å². The molecule has 1 fully saturated rings. The van der Waals surface area contributed by atoms with Gasteiger partial charge in [0.05, 0.1) is 17.6 Å². The number of furan rings is 1. The second-order valence-corrected chi connectivity index (χ2v) is 9.37. The van der Waals surface area contributed by atoms with Crippen LogP contribution in [-0.2, 0) is 11.3 Å². The highest BCUT2D eigenvalue weighted by atomic mass is 32.2. The Labute approximate surface area is 203 Å². The van der Waals surface area contributed by atoms with Gasteiger partial charge in [0.15, 0.2) is 11.0 Å². The molecule has 8 heteroatoms. The zero-order chi connectivity index (χ0) is 23.3. The van der Waals surface area contributed by atoms with E-state index in [1.54, 1.807) is 6.26 Å². The predicted octanol–water partition coefficient (Wildman–Crippen LogP) is 4.32. The second kappa shape index (κ2) is 10.3. The Morgan fingerprint density at radius 1 is 1.09 bits per heavy atom. The average molecular weight is 474 g/mol. The predicted molar refractivity (Wildman–Crippen MR) is 133 cm³/mol. The molecule has 7 nitrogen and oxygen atoms in total. The monoisotopic (exact) mass is 473 g/mol. The lowest BCUT2D eigenvalue weighted by Gasteiger charge is -2.17. The van der Waals surface area contributed by atoms with Crippen LogP contribution < -0.4 is 5.32 Å². The fourth-order valence-corrected chi connectivity index (χ4v) is 5.06. The first-order valence-electron chi connectivity index (χ1n) is 11.4. The van der Waals surface area contributed by atoms with Crippen LogP contribution >= 0.6 is 11.8 Å². The first-order chi connectivity index (χ1) is 16.7. The molecule has 0 unspecified atom stereocenters. The highest BCUT2D eigenvalue weighted by molar-refractivity contribution is 7.99. The number of aryl methyl sites for hydroxylation is 1. The summed E-state index contributed by atoms with van der Waals surface area (Å²) in [5.74, 6) is 1.78. The first-order valence-corrected chi connectivity index (χ1v) is 12.4. The van der Waals surface area contributed by atoms with Crippen molar-refractivity contribution < 1.29 is 9.21 Å². The van der Waals surface area contributed by atoms with Crippen molar-refractivity contribution in [3.05, 3.63) is 84.3 Å². The minimum absolute atomic E-state index is 0.0141. The molecule has 0 saturated carbocycles. The van der Waals surface area contributed by atoms with Crippen LogP contribution in [0.25, 0.3) is 17.1 Å². The smallest absolute Gasteiger partial charge is 0.230 e. The molecule has 1 N–H and O–H groups in total. The van der Waals surface area contributed by atoms with E-state index in [0.29, 0.717) is 11.0 Å². The molecule has 174 valence electrons. The quantitative estimate of drug-likeness (QED) is 0.384. The number of hydrogen-bond acceptors (Lipinski definition) is 6. The molecule has 0 spiro atoms. The Morgan fingerprint density at radius 2 is 1.85 bits per heavy atom. The fourth-order valence-electron chi connectivity index (χ4n) is 4.30. The van der Waals surface area contributed by atoms with Crippen LogP contribution in [0.3, 0.4) is 0 Å². The number of benzene rings is 2. The molecule has 4 aromatic rings. The van der Waals surface area contributed by atoms with E-state index in [1.165, 1.54) is 17.3 Å². The number of hydrogen-bond donors (Lipinski definition) is 1. The Balaban J connectivity index is 1.23. The number of nitrogens with zero attached hydrogens (tertiary/aromatic N) is 4. The summed E-state index contributed by atoms with van der Waals surface area (Å²) >= 11 is 1.39. The number of nitrogens with one attached hydrogen (secondary N) is 1. The van der Waals surface area contributed by atoms with Crippen molar-refractivity contribution in [3.8, 4) is 17.1 Å². The maximum Gasteiger partial charge on any atom is 0.230 e. The number of para-hydroxylation sites is 1. The maximum absolute atomic E-state index is 12.8. The number of amides is 1. The lowest BCUT2D eigenvalue weighted by atomic mass is 10.2. The van der Waals surface area contributed by atoms with Gasteiger partial charge in [-0.1, -0.05) is 60.3 Å². The van der Waals surface area contributed by atoms with Crippen molar-refractivity contribution in [2.24, 2.45) is 0 Å². The molecule has 2 aromatic carbocycles. The summed E-state index contributed by atoms with van der Waals surface area (Å²) in [7, 11) is 0. The summed E-state index contributed by atoms with van der Waals surface area (Å²) < 4.78 is 7.46. The average Bonchev–Trinajstić information content (AvgIpc) is 3.59. The third-order valence-electron chi connectivity index (χ3n) is 5.97. The maximum atomic E-state index is 12.8. The number of carbonyl (C=O) groups excluding carboxylic acids is 1. The summed E-state index contributed by atoms with van der Waals surface area (Å²) in [6, 6.07) is 22.5. The van der Waals surface area contributed by atoms with Crippen LogP contribution in [0.4, 0.5) is 0 Å². The van der Waals surface area contributed by atoms with E-state index >= 15 is 0 Å². The van der Waals surface area contributed by atoms with Gasteiger partial charge < -0.3 is 9.73 Å². The summed E-state index contributed by atoms with van der Waals surface area (Å²) in [6.07, 6.45) is 2.62. The molecule has 1 saturated heterocycles. The van der Waals surface area contributed by atoms with E-state index in [2.05, 4.69) is 44.7 Å². The minimum Gasteiger partial charge on any atom is -0.469 e. The third kappa shape index (κ3) is 5.08. The van der Waals surface area contributed by atoms with Gasteiger partial charge in [0.1, 0.15) is 5.76 Å². The summed E-state index contributed by atoms with van der Waals surface area (Å²) in [5.41, 5.74) is 3.13. The zero-order valence-electron chi connectivity index (χ0n) is 19.1. The summed E-state index contributed by atoms with van der Waals surface area (Å²) in [6.45, 7) is 4.68. The van der Waals surface area contributed by atoms with E-state index in [0.717, 1.165) is 43.1 Å². The minimum atomic E-state index is 0.0141. The second-order valence-electron chi connectivity index (χ2n) is 8.43. The number of thioether (sulfide) groups is 1. The molecule has 2 aromatic heterocycles. The van der Waals surface area contributed by atoms with Gasteiger partial charge in [-0.25, -0.2) is 0 Å². The molecule has 1 aliphatic heterocycles. The lowest BCUT2D eigenvalue weighted by molar-refractivity contribution is -0.119. The topological polar surface area (TPSA) is 76.2 Å². The van der Waals surface area contributed by atoms with Crippen LogP contribution in [0.1, 0.15) is 17.7 Å². The Kier molecular flexibility index (Phi) is 6.78. The largest absolute Gasteiger partial charge is 0.469 e. The molecule has 0 aliphatic carbocycles. The zero-order valence-corrected chi connectivity index (χ0v) is 19.9. The standard InChI is InChI=1S/C26H27N5O2S/c1-19-23(13-15-33-19)25-28-29-26(31(25)22-10-6-3-7-11-22)34-18-24(32)27-21-12-14-30(17-21)16-20-8-4-2-5-9-20/h2-11,13,15,21H,12,14,16-18H2,1H3,(H,27,32)/t21-/m1/s1. The lowest BCUT2D eigenvalue weighted by Crippen LogP contribution is -2.38. The van der Waals surface area contributed by atoms with Crippen LogP contribution in [0, 0.1) is 6.92 Å². The Morgan fingerprint density at radius 3 is 2.59 bits per heavy atom. The van der Waals surface area contributed by atoms with Gasteiger partial charge >= 0.3 is 0 Å². The molecule has 0 radical (unpaired) electrons. The molecular formula is C26H27N5O2S. The van der Waals surface area contributed by atoms with E-state index in [-0.39, 0.29) is 17.7 Å². The van der Waals surface area contributed by atoms with Gasteiger partial charge in [-0.15, -0.1) is 10.2 Å². The molecule has 5 rings (SSSR count). The van der Waals surface area contributed by atoms with Crippen molar-refractivity contribution in [2.75, 3.05) is 18.8 Å². The van der Waals surface area contributed by atoms with E-state index < -0.39 is 0 Å². The van der Waals surface area contributed by atoms with E-state index in [9.17, 15) is 4.79 Å². The van der Waals surface area contributed by atoms with Gasteiger partial charge in [0.25, 0.3) is 0 Å². The molecular weight excluding hydrogens is 446 g/mol. The van der Waals surface area contributed by atoms with Crippen LogP contribution in [-0.4, -0.2) is 50.5 Å². The van der Waals surface area contributed by atoms with Gasteiger partial charge in [-0.3, -0.25) is 14.3 Å². The number of aromatic nitrogens is 3. The van der Waals surface area contributed by atoms with Gasteiger partial charge in [-0.05, 0) is 37.1 Å². The first kappa shape index (κ1) is 22.4. The van der Waals surface area contributed by atoms with Crippen molar-refractivity contribution in [1.29, 1.82) is 0 Å². The fraction of sp³-hybridized carbons (Fsp3) is 0.269. The Bertz CT molecular complexity index is 1240. The summed E-state index contributed by atoms with van der Waals surface area (Å²) in [4.78, 5) is 15.1. The molecule has 1 atom stereocenters. The molecule has 0 bridgehead atoms. The highest BCUT2D eigenvalue weighted by Gasteiger charge is 2.25. The normalized spacial score (nSPS) is 16.1. The number of carbonyl (C=O) groups is 1. The van der Waals surface area contributed by atoms with E-state index in [4.69, 9.17) is 4.42 Å². The molecule has 1 amide bonds.